The summed E-state index contributed by atoms with van der Waals surface area (Å²) in [6.07, 6.45) is 2.51. The van der Waals surface area contributed by atoms with E-state index in [0.29, 0.717) is 22.1 Å². The minimum absolute atomic E-state index is 0.121. The lowest BCUT2D eigenvalue weighted by Crippen LogP contribution is -2.48. The van der Waals surface area contributed by atoms with Gasteiger partial charge in [-0.25, -0.2) is 8.42 Å². The molecule has 2 aliphatic heterocycles. The predicted molar refractivity (Wildman–Crippen MR) is 115 cm³/mol. The highest BCUT2D eigenvalue weighted by molar-refractivity contribution is 7.92. The Morgan fingerprint density at radius 2 is 1.83 bits per heavy atom. The number of carbonyl (C=O) groups is 1. The summed E-state index contributed by atoms with van der Waals surface area (Å²) in [5, 5.41) is 3.20. The monoisotopic (exact) mass is 435 g/mol. The molecule has 1 amide bonds. The number of benzene rings is 2. The summed E-state index contributed by atoms with van der Waals surface area (Å²) in [5.74, 6) is -0.108. The Bertz CT molecular complexity index is 1020. The average Bonchev–Trinajstić information content (AvgIpc) is 3.21. The van der Waals surface area contributed by atoms with Gasteiger partial charge in [-0.3, -0.25) is 9.10 Å². The number of amides is 1. The summed E-state index contributed by atoms with van der Waals surface area (Å²) in [5.41, 5.74) is 2.09. The quantitative estimate of drug-likeness (QED) is 0.798. The predicted octanol–water partition coefficient (Wildman–Crippen LogP) is 3.11. The van der Waals surface area contributed by atoms with Crippen LogP contribution in [0.1, 0.15) is 12.8 Å². The number of halogens is 1. The summed E-state index contributed by atoms with van der Waals surface area (Å²) in [6.45, 7) is 1.97. The van der Waals surface area contributed by atoms with E-state index in [4.69, 9.17) is 16.3 Å². The molecular formula is C20H22ClN3O4S. The second-order valence-electron chi connectivity index (χ2n) is 7.24. The standard InChI is InChI=1S/C20H22ClN3O4S/c1-29(26,27)24-13-19(28-18-9-4-14(21)12-17(18)24)20(25)22-15-5-7-16(8-6-15)23-10-2-3-11-23/h4-9,12,19H,2-3,10-11,13H2,1H3,(H,22,25). The molecule has 2 aliphatic rings. The average molecular weight is 436 g/mol. The van der Waals surface area contributed by atoms with Crippen molar-refractivity contribution >= 4 is 44.6 Å². The van der Waals surface area contributed by atoms with Crippen LogP contribution in [0, 0.1) is 0 Å². The maximum absolute atomic E-state index is 12.8. The normalized spacial score (nSPS) is 18.9. The van der Waals surface area contributed by atoms with Gasteiger partial charge in [-0.2, -0.15) is 0 Å². The molecule has 1 fully saturated rings. The van der Waals surface area contributed by atoms with Crippen LogP contribution in [-0.4, -0.2) is 46.3 Å². The molecule has 2 aromatic rings. The van der Waals surface area contributed by atoms with Gasteiger partial charge in [0.15, 0.2) is 6.10 Å². The Morgan fingerprint density at radius 3 is 2.48 bits per heavy atom. The molecule has 7 nitrogen and oxygen atoms in total. The fourth-order valence-electron chi connectivity index (χ4n) is 3.63. The van der Waals surface area contributed by atoms with E-state index in [-0.39, 0.29) is 6.54 Å². The lowest BCUT2D eigenvalue weighted by molar-refractivity contribution is -0.122. The first kappa shape index (κ1) is 19.8. The van der Waals surface area contributed by atoms with Crippen LogP contribution in [0.2, 0.25) is 5.02 Å². The van der Waals surface area contributed by atoms with Gasteiger partial charge in [-0.1, -0.05) is 11.6 Å². The maximum Gasteiger partial charge on any atom is 0.267 e. The van der Waals surface area contributed by atoms with Crippen molar-refractivity contribution in [3.05, 3.63) is 47.5 Å². The minimum Gasteiger partial charge on any atom is -0.476 e. The van der Waals surface area contributed by atoms with Crippen LogP contribution in [0.4, 0.5) is 17.1 Å². The summed E-state index contributed by atoms with van der Waals surface area (Å²) in [6, 6.07) is 12.3. The van der Waals surface area contributed by atoms with Crippen molar-refractivity contribution < 1.29 is 17.9 Å². The van der Waals surface area contributed by atoms with Gasteiger partial charge in [0.1, 0.15) is 5.75 Å². The lowest BCUT2D eigenvalue weighted by Gasteiger charge is -2.34. The molecule has 0 aromatic heterocycles. The van der Waals surface area contributed by atoms with Crippen molar-refractivity contribution in [1.82, 2.24) is 0 Å². The number of nitrogens with one attached hydrogen (secondary N) is 1. The van der Waals surface area contributed by atoms with E-state index in [9.17, 15) is 13.2 Å². The third-order valence-electron chi connectivity index (χ3n) is 5.09. The smallest absolute Gasteiger partial charge is 0.267 e. The third kappa shape index (κ3) is 4.28. The second kappa shape index (κ2) is 7.76. The first-order chi connectivity index (χ1) is 13.8. The van der Waals surface area contributed by atoms with E-state index >= 15 is 0 Å². The molecule has 154 valence electrons. The van der Waals surface area contributed by atoms with Crippen LogP contribution in [0.3, 0.4) is 0 Å². The molecule has 1 N–H and O–H groups in total. The molecule has 1 unspecified atom stereocenters. The molecule has 0 spiro atoms. The number of hydrogen-bond acceptors (Lipinski definition) is 5. The molecule has 2 heterocycles. The molecule has 4 rings (SSSR count). The van der Waals surface area contributed by atoms with Crippen LogP contribution in [0.25, 0.3) is 0 Å². The van der Waals surface area contributed by atoms with Crippen LogP contribution in [0.5, 0.6) is 5.75 Å². The number of sulfonamides is 1. The van der Waals surface area contributed by atoms with Crippen LogP contribution in [0.15, 0.2) is 42.5 Å². The van der Waals surface area contributed by atoms with Crippen LogP contribution >= 0.6 is 11.6 Å². The van der Waals surface area contributed by atoms with Gasteiger partial charge in [-0.15, -0.1) is 0 Å². The second-order valence-corrected chi connectivity index (χ2v) is 9.59. The molecule has 2 aromatic carbocycles. The number of fused-ring (bicyclic) bond motifs is 1. The lowest BCUT2D eigenvalue weighted by atomic mass is 10.2. The number of hydrogen-bond donors (Lipinski definition) is 1. The van der Waals surface area contributed by atoms with Crippen molar-refractivity contribution in [2.24, 2.45) is 0 Å². The van der Waals surface area contributed by atoms with Crippen molar-refractivity contribution in [3.63, 3.8) is 0 Å². The first-order valence-electron chi connectivity index (χ1n) is 9.41. The Kier molecular flexibility index (Phi) is 5.31. The van der Waals surface area contributed by atoms with Gasteiger partial charge in [0.2, 0.25) is 10.0 Å². The third-order valence-corrected chi connectivity index (χ3v) is 6.47. The highest BCUT2D eigenvalue weighted by Gasteiger charge is 2.35. The van der Waals surface area contributed by atoms with Gasteiger partial charge >= 0.3 is 0 Å². The molecular weight excluding hydrogens is 414 g/mol. The Hall–Kier alpha value is -2.45. The molecule has 0 radical (unpaired) electrons. The number of rotatable bonds is 4. The largest absolute Gasteiger partial charge is 0.476 e. The zero-order chi connectivity index (χ0) is 20.6. The van der Waals surface area contributed by atoms with Gasteiger partial charge in [0.05, 0.1) is 18.5 Å². The highest BCUT2D eigenvalue weighted by atomic mass is 35.5. The Labute approximate surface area is 175 Å². The Morgan fingerprint density at radius 1 is 1.14 bits per heavy atom. The van der Waals surface area contributed by atoms with Crippen molar-refractivity contribution in [2.75, 3.05) is 40.4 Å². The van der Waals surface area contributed by atoms with Crippen molar-refractivity contribution in [2.45, 2.75) is 18.9 Å². The fourth-order valence-corrected chi connectivity index (χ4v) is 4.70. The van der Waals surface area contributed by atoms with Gasteiger partial charge < -0.3 is 15.0 Å². The topological polar surface area (TPSA) is 79.0 Å². The maximum atomic E-state index is 12.8. The number of nitrogens with zero attached hydrogens (tertiary/aromatic N) is 2. The van der Waals surface area contributed by atoms with Gasteiger partial charge in [0.25, 0.3) is 5.91 Å². The summed E-state index contributed by atoms with van der Waals surface area (Å²) in [4.78, 5) is 15.1. The van der Waals surface area contributed by atoms with E-state index in [1.54, 1.807) is 12.1 Å². The zero-order valence-corrected chi connectivity index (χ0v) is 17.5. The van der Waals surface area contributed by atoms with E-state index in [1.807, 2.05) is 24.3 Å². The van der Waals surface area contributed by atoms with Gasteiger partial charge in [0, 0.05) is 29.5 Å². The van der Waals surface area contributed by atoms with Gasteiger partial charge in [-0.05, 0) is 55.3 Å². The molecule has 1 atom stereocenters. The molecule has 0 saturated carbocycles. The minimum atomic E-state index is -3.60. The Balaban J connectivity index is 1.50. The van der Waals surface area contributed by atoms with Crippen LogP contribution in [-0.2, 0) is 14.8 Å². The fraction of sp³-hybridized carbons (Fsp3) is 0.350. The molecule has 0 aliphatic carbocycles. The molecule has 29 heavy (non-hydrogen) atoms. The molecule has 9 heteroatoms. The summed E-state index contributed by atoms with van der Waals surface area (Å²) >= 11 is 6.00. The van der Waals surface area contributed by atoms with E-state index in [2.05, 4.69) is 10.2 Å². The van der Waals surface area contributed by atoms with Crippen molar-refractivity contribution in [3.8, 4) is 5.75 Å². The molecule has 1 saturated heterocycles. The number of anilines is 3. The van der Waals surface area contributed by atoms with E-state index < -0.39 is 22.0 Å². The summed E-state index contributed by atoms with van der Waals surface area (Å²) in [7, 11) is -3.60. The van der Waals surface area contributed by atoms with Crippen LogP contribution < -0.4 is 19.3 Å². The molecule has 0 bridgehead atoms. The summed E-state index contributed by atoms with van der Waals surface area (Å²) < 4.78 is 31.4. The number of ether oxygens (including phenoxy) is 1. The zero-order valence-electron chi connectivity index (χ0n) is 16.0. The number of carbonyl (C=O) groups excluding carboxylic acids is 1. The first-order valence-corrected chi connectivity index (χ1v) is 11.6. The van der Waals surface area contributed by atoms with Crippen molar-refractivity contribution in [1.29, 1.82) is 0 Å². The highest BCUT2D eigenvalue weighted by Crippen LogP contribution is 2.37. The van der Waals surface area contributed by atoms with E-state index in [1.165, 1.54) is 18.9 Å². The SMILES string of the molecule is CS(=O)(=O)N1CC(C(=O)Nc2ccc(N3CCCC3)cc2)Oc2ccc(Cl)cc21. The van der Waals surface area contributed by atoms with E-state index in [0.717, 1.165) is 29.3 Å².